The van der Waals surface area contributed by atoms with Crippen molar-refractivity contribution in [3.63, 3.8) is 0 Å². The van der Waals surface area contributed by atoms with Crippen LogP contribution in [0.4, 0.5) is 5.69 Å². The lowest BCUT2D eigenvalue weighted by Gasteiger charge is -2.40. The van der Waals surface area contributed by atoms with Gasteiger partial charge in [0.2, 0.25) is 0 Å². The van der Waals surface area contributed by atoms with Crippen LogP contribution in [0.3, 0.4) is 0 Å². The van der Waals surface area contributed by atoms with Gasteiger partial charge in [-0.1, -0.05) is 191 Å². The minimum absolute atomic E-state index is 0.143. The van der Waals surface area contributed by atoms with Gasteiger partial charge in [0.25, 0.3) is 5.69 Å². The number of nitrogens with zero attached hydrogens (tertiary/aromatic N) is 2. The van der Waals surface area contributed by atoms with E-state index in [-0.39, 0.29) is 38.7 Å². The van der Waals surface area contributed by atoms with Crippen molar-refractivity contribution in [2.75, 3.05) is 13.2 Å². The summed E-state index contributed by atoms with van der Waals surface area (Å²) in [5.41, 5.74) is 2.93. The monoisotopic (exact) mass is 933 g/mol. The number of aromatic hydroxyl groups is 1. The van der Waals surface area contributed by atoms with Gasteiger partial charge in [0.05, 0.1) is 24.2 Å². The van der Waals surface area contributed by atoms with Gasteiger partial charge in [-0.3, -0.25) is 15.1 Å². The number of phenols is 1. The molecule has 1 atom stereocenters. The minimum atomic E-state index is -1.81. The SMILES string of the molecule is CCCCCCCCOc1c(C(C)(C)C)cc(C(O)(c2cc(C(C)(C)C)c(OCCCCCCCC)c(C(C)(C)C)c2)C(Cc2ccccc2)N=Cc2cc([N+](=O)[O-])ccc2O)cc1C(C)(C)C. The van der Waals surface area contributed by atoms with E-state index in [2.05, 4.69) is 121 Å². The zero-order valence-corrected chi connectivity index (χ0v) is 44.6. The zero-order chi connectivity index (χ0) is 50.5. The van der Waals surface area contributed by atoms with Crippen LogP contribution in [0.25, 0.3) is 0 Å². The van der Waals surface area contributed by atoms with E-state index in [1.807, 2.05) is 30.3 Å². The van der Waals surface area contributed by atoms with Gasteiger partial charge in [-0.25, -0.2) is 0 Å². The predicted molar refractivity (Wildman–Crippen MR) is 285 cm³/mol. The second-order valence-corrected chi connectivity index (χ2v) is 23.3. The molecule has 0 heterocycles. The summed E-state index contributed by atoms with van der Waals surface area (Å²) in [5, 5.41) is 37.6. The quantitative estimate of drug-likeness (QED) is 0.0313. The molecule has 4 rings (SSSR count). The Morgan fingerprint density at radius 3 is 1.37 bits per heavy atom. The highest BCUT2D eigenvalue weighted by Gasteiger charge is 2.45. The lowest BCUT2D eigenvalue weighted by atomic mass is 9.70. The van der Waals surface area contributed by atoms with E-state index >= 15 is 0 Å². The molecule has 0 spiro atoms. The molecule has 4 aromatic carbocycles. The fourth-order valence-corrected chi connectivity index (χ4v) is 8.98. The lowest BCUT2D eigenvalue weighted by molar-refractivity contribution is -0.384. The molecule has 0 saturated heterocycles. The van der Waals surface area contributed by atoms with Gasteiger partial charge in [-0.05, 0) is 87.9 Å². The molecule has 8 heteroatoms. The van der Waals surface area contributed by atoms with Crippen LogP contribution < -0.4 is 9.47 Å². The lowest BCUT2D eigenvalue weighted by Crippen LogP contribution is -2.42. The molecule has 4 aromatic rings. The Morgan fingerprint density at radius 2 is 0.985 bits per heavy atom. The Kier molecular flexibility index (Phi) is 19.9. The molecule has 0 amide bonds. The van der Waals surface area contributed by atoms with Crippen molar-refractivity contribution in [3.8, 4) is 17.2 Å². The highest BCUT2D eigenvalue weighted by Crippen LogP contribution is 2.49. The summed E-state index contributed by atoms with van der Waals surface area (Å²) in [7, 11) is 0. The van der Waals surface area contributed by atoms with Gasteiger partial charge in [-0.15, -0.1) is 0 Å². The van der Waals surface area contributed by atoms with Gasteiger partial charge >= 0.3 is 0 Å². The van der Waals surface area contributed by atoms with E-state index in [0.717, 1.165) is 65.0 Å². The number of benzene rings is 4. The number of rotatable bonds is 24. The first kappa shape index (κ1) is 55.9. The summed E-state index contributed by atoms with van der Waals surface area (Å²) in [6.45, 7) is 32.1. The van der Waals surface area contributed by atoms with Crippen LogP contribution >= 0.6 is 0 Å². The Morgan fingerprint density at radius 1 is 0.588 bits per heavy atom. The van der Waals surface area contributed by atoms with Crippen molar-refractivity contribution >= 4 is 11.9 Å². The van der Waals surface area contributed by atoms with E-state index in [1.54, 1.807) is 0 Å². The maximum atomic E-state index is 14.6. The first-order valence-electron chi connectivity index (χ1n) is 25.7. The summed E-state index contributed by atoms with van der Waals surface area (Å²) >= 11 is 0. The first-order chi connectivity index (χ1) is 31.8. The minimum Gasteiger partial charge on any atom is -0.507 e. The molecular weight excluding hydrogens is 845 g/mol. The van der Waals surface area contributed by atoms with Crippen LogP contribution in [0.5, 0.6) is 17.2 Å². The van der Waals surface area contributed by atoms with Crippen molar-refractivity contribution in [2.24, 2.45) is 4.99 Å². The summed E-state index contributed by atoms with van der Waals surface area (Å²) in [6, 6.07) is 21.6. The van der Waals surface area contributed by atoms with E-state index in [0.29, 0.717) is 30.8 Å². The molecule has 0 aliphatic carbocycles. The van der Waals surface area contributed by atoms with Crippen LogP contribution in [-0.2, 0) is 33.7 Å². The third kappa shape index (κ3) is 15.2. The second-order valence-electron chi connectivity index (χ2n) is 23.3. The fraction of sp³-hybridized carbons (Fsp3) is 0.583. The molecule has 8 nitrogen and oxygen atoms in total. The second kappa shape index (κ2) is 24.2. The number of hydrogen-bond acceptors (Lipinski definition) is 7. The average molecular weight is 933 g/mol. The number of non-ortho nitro benzene ring substituents is 1. The molecule has 374 valence electrons. The van der Waals surface area contributed by atoms with E-state index in [1.165, 1.54) is 75.8 Å². The number of unbranched alkanes of at least 4 members (excludes halogenated alkanes) is 10. The number of nitro benzene ring substituents is 1. The molecule has 0 radical (unpaired) electrons. The van der Waals surface area contributed by atoms with E-state index < -0.39 is 16.6 Å². The van der Waals surface area contributed by atoms with Crippen molar-refractivity contribution < 1.29 is 24.6 Å². The first-order valence-corrected chi connectivity index (χ1v) is 25.7. The van der Waals surface area contributed by atoms with Gasteiger partial charge in [0.1, 0.15) is 22.8 Å². The van der Waals surface area contributed by atoms with Crippen LogP contribution in [0.2, 0.25) is 0 Å². The number of aliphatic hydroxyl groups is 1. The third-order valence-corrected chi connectivity index (χ3v) is 13.1. The maximum absolute atomic E-state index is 14.6. The van der Waals surface area contributed by atoms with Crippen molar-refractivity contribution in [1.29, 1.82) is 0 Å². The average Bonchev–Trinajstić information content (AvgIpc) is 3.26. The van der Waals surface area contributed by atoms with Gasteiger partial charge in [0, 0.05) is 46.2 Å². The van der Waals surface area contributed by atoms with Crippen LogP contribution in [0.1, 0.15) is 218 Å². The molecule has 0 aliphatic heterocycles. The third-order valence-electron chi connectivity index (χ3n) is 13.1. The number of phenolic OH excluding ortho intramolecular Hbond substituents is 1. The number of ether oxygens (including phenoxy) is 2. The van der Waals surface area contributed by atoms with Gasteiger partial charge in [0.15, 0.2) is 0 Å². The normalized spacial score (nSPS) is 13.3. The largest absolute Gasteiger partial charge is 0.507 e. The van der Waals surface area contributed by atoms with Crippen molar-refractivity contribution in [2.45, 2.75) is 214 Å². The van der Waals surface area contributed by atoms with Gasteiger partial charge in [-0.2, -0.15) is 0 Å². The summed E-state index contributed by atoms with van der Waals surface area (Å²) in [4.78, 5) is 16.7. The molecule has 0 fully saturated rings. The maximum Gasteiger partial charge on any atom is 0.270 e. The topological polar surface area (TPSA) is 114 Å². The number of nitro groups is 1. The molecule has 68 heavy (non-hydrogen) atoms. The van der Waals surface area contributed by atoms with E-state index in [4.69, 9.17) is 14.5 Å². The van der Waals surface area contributed by atoms with Crippen LogP contribution in [-0.4, -0.2) is 40.6 Å². The van der Waals surface area contributed by atoms with E-state index in [9.17, 15) is 20.3 Å². The Hall–Kier alpha value is -4.69. The molecular formula is C60H88N2O6. The molecule has 0 aromatic heterocycles. The van der Waals surface area contributed by atoms with Gasteiger partial charge < -0.3 is 19.7 Å². The van der Waals surface area contributed by atoms with Crippen LogP contribution in [0.15, 0.2) is 77.8 Å². The summed E-state index contributed by atoms with van der Waals surface area (Å²) in [5.74, 6) is 1.58. The zero-order valence-electron chi connectivity index (χ0n) is 44.6. The smallest absolute Gasteiger partial charge is 0.270 e. The van der Waals surface area contributed by atoms with Crippen molar-refractivity contribution in [3.05, 3.63) is 127 Å². The highest BCUT2D eigenvalue weighted by atomic mass is 16.6. The van der Waals surface area contributed by atoms with Crippen molar-refractivity contribution in [1.82, 2.24) is 0 Å². The standard InChI is InChI=1S/C60H88N2O6/c1-15-17-19-21-23-28-34-67-54-48(56(3,4)5)38-45(39-49(54)57(6,7)8)60(64,53(36-43-30-26-25-27-31-43)61-42-44-37-47(62(65)66)32-33-52(44)63)46-40-50(58(9,10)11)55(51(41-46)59(12,13)14)68-35-29-24-22-20-18-16-2/h25-27,30-33,37-42,53,63-64H,15-24,28-29,34-36H2,1-14H3. The molecule has 0 bridgehead atoms. The Balaban J connectivity index is 2.15. The Labute approximate surface area is 411 Å². The molecule has 2 N–H and O–H groups in total. The highest BCUT2D eigenvalue weighted by molar-refractivity contribution is 5.84. The molecule has 0 aliphatic rings. The summed E-state index contributed by atoms with van der Waals surface area (Å²) < 4.78 is 13.8. The number of aliphatic imine (C=N–C) groups is 1. The summed E-state index contributed by atoms with van der Waals surface area (Å²) in [6.07, 6.45) is 15.7. The van der Waals surface area contributed by atoms with Crippen LogP contribution in [0, 0.1) is 10.1 Å². The number of hydrogen-bond donors (Lipinski definition) is 2. The molecule has 1 unspecified atom stereocenters. The fourth-order valence-electron chi connectivity index (χ4n) is 8.98. The molecule has 0 saturated carbocycles. The predicted octanol–water partition coefficient (Wildman–Crippen LogP) is 15.9. The Bertz CT molecular complexity index is 2080.